The molecule has 3 aromatic carbocycles. The molecule has 10 heteroatoms. The van der Waals surface area contributed by atoms with Gasteiger partial charge in [0.05, 0.1) is 31.3 Å². The largest absolute Gasteiger partial charge is 0.507 e. The lowest BCUT2D eigenvalue weighted by atomic mass is 9.79. The average Bonchev–Trinajstić information content (AvgIpc) is 3.54. The zero-order chi connectivity index (χ0) is 28.8. The van der Waals surface area contributed by atoms with Gasteiger partial charge in [-0.3, -0.25) is 5.10 Å². The third-order valence-electron chi connectivity index (χ3n) is 6.97. The number of fused-ring (bicyclic) bond motifs is 1. The zero-order valence-electron chi connectivity index (χ0n) is 22.3. The number of H-pyrrole nitrogens is 1. The third-order valence-corrected chi connectivity index (χ3v) is 6.97. The summed E-state index contributed by atoms with van der Waals surface area (Å²) >= 11 is 0. The molecule has 2 heterocycles. The number of halogens is 2. The van der Waals surface area contributed by atoms with E-state index in [0.717, 1.165) is 11.6 Å². The number of nitrogens with one attached hydrogen (secondary N) is 1. The van der Waals surface area contributed by atoms with Crippen molar-refractivity contribution in [3.8, 4) is 34.1 Å². The van der Waals surface area contributed by atoms with E-state index < -0.39 is 23.0 Å². The molecule has 0 spiro atoms. The van der Waals surface area contributed by atoms with Gasteiger partial charge < -0.3 is 24.3 Å². The predicted molar refractivity (Wildman–Crippen MR) is 146 cm³/mol. The number of aromatic amines is 1. The maximum absolute atomic E-state index is 14.9. The Labute approximate surface area is 228 Å². The van der Waals surface area contributed by atoms with E-state index in [1.165, 1.54) is 38.5 Å². The lowest BCUT2D eigenvalue weighted by Gasteiger charge is -2.29. The first kappa shape index (κ1) is 26.7. The van der Waals surface area contributed by atoms with E-state index in [1.807, 2.05) is 13.8 Å². The molecule has 0 aliphatic rings. The van der Waals surface area contributed by atoms with Crippen molar-refractivity contribution >= 4 is 16.9 Å². The number of ether oxygens (including phenoxy) is 2. The highest BCUT2D eigenvalue weighted by Gasteiger charge is 2.34. The van der Waals surface area contributed by atoms with Crippen molar-refractivity contribution < 1.29 is 33.3 Å². The molecule has 206 valence electrons. The first-order valence-electron chi connectivity index (χ1n) is 12.4. The Bertz CT molecular complexity index is 1740. The fourth-order valence-corrected chi connectivity index (χ4v) is 5.33. The summed E-state index contributed by atoms with van der Waals surface area (Å²) in [5.74, 6) is -2.58. The number of carboxylic acids is 1. The third kappa shape index (κ3) is 4.51. The zero-order valence-corrected chi connectivity index (χ0v) is 22.3. The molecule has 0 atom stereocenters. The minimum atomic E-state index is -1.16. The van der Waals surface area contributed by atoms with Crippen molar-refractivity contribution in [2.45, 2.75) is 25.7 Å². The van der Waals surface area contributed by atoms with E-state index in [1.54, 1.807) is 35.2 Å². The Morgan fingerprint density at radius 1 is 1.05 bits per heavy atom. The molecule has 3 N–H and O–H groups in total. The molecule has 0 radical (unpaired) electrons. The number of aromatic carboxylic acids is 1. The smallest absolute Gasteiger partial charge is 0.339 e. The van der Waals surface area contributed by atoms with Crippen LogP contribution in [-0.2, 0) is 11.8 Å². The molecule has 0 aliphatic carbocycles. The van der Waals surface area contributed by atoms with Crippen LogP contribution in [0.3, 0.4) is 0 Å². The van der Waals surface area contributed by atoms with Crippen molar-refractivity contribution in [3.05, 3.63) is 89.4 Å². The van der Waals surface area contributed by atoms with Crippen molar-refractivity contribution in [2.24, 2.45) is 0 Å². The first-order valence-corrected chi connectivity index (χ1v) is 12.4. The Kier molecular flexibility index (Phi) is 6.70. The summed E-state index contributed by atoms with van der Waals surface area (Å²) in [7, 11) is 2.73. The van der Waals surface area contributed by atoms with Gasteiger partial charge in [-0.2, -0.15) is 5.10 Å². The summed E-state index contributed by atoms with van der Waals surface area (Å²) in [5.41, 5.74) is 2.72. The standard InChI is InChI=1S/C30H27F2N3O5/c1-30(2,13-16-14-33-34-15-16)28-26(17-5-7-20(29(37)38)24(9-17)39-3)27-22(10-18(31)11-23(27)36)35(28)19-6-8-21(32)25(12-19)40-4/h5-12,14-15,36H,13H2,1-4H3,(H,33,34)(H,37,38). The van der Waals surface area contributed by atoms with Crippen LogP contribution in [0.2, 0.25) is 0 Å². The van der Waals surface area contributed by atoms with Gasteiger partial charge in [-0.25, -0.2) is 13.6 Å². The minimum absolute atomic E-state index is 0.00686. The highest BCUT2D eigenvalue weighted by Crippen LogP contribution is 2.48. The van der Waals surface area contributed by atoms with Gasteiger partial charge in [-0.05, 0) is 47.9 Å². The van der Waals surface area contributed by atoms with Crippen molar-refractivity contribution in [2.75, 3.05) is 14.2 Å². The topological polar surface area (TPSA) is 110 Å². The molecule has 0 saturated heterocycles. The monoisotopic (exact) mass is 547 g/mol. The summed E-state index contributed by atoms with van der Waals surface area (Å²) in [6.07, 6.45) is 3.97. The maximum Gasteiger partial charge on any atom is 0.339 e. The molecular weight excluding hydrogens is 520 g/mol. The van der Waals surface area contributed by atoms with Crippen LogP contribution in [0.4, 0.5) is 8.78 Å². The number of hydrogen-bond donors (Lipinski definition) is 3. The molecule has 0 unspecified atom stereocenters. The number of methoxy groups -OCH3 is 2. The number of rotatable bonds is 8. The highest BCUT2D eigenvalue weighted by atomic mass is 19.1. The first-order chi connectivity index (χ1) is 19.1. The molecule has 2 aromatic heterocycles. The molecule has 5 rings (SSSR count). The SMILES string of the molecule is COc1cc(-n2c(C(C)(C)Cc3cn[nH]c3)c(-c3ccc(C(=O)O)c(OC)c3)c3c(O)cc(F)cc32)ccc1F. The van der Waals surface area contributed by atoms with Gasteiger partial charge in [-0.1, -0.05) is 19.9 Å². The summed E-state index contributed by atoms with van der Waals surface area (Å²) in [5, 5.41) is 28.0. The van der Waals surface area contributed by atoms with Gasteiger partial charge in [-0.15, -0.1) is 0 Å². The Morgan fingerprint density at radius 3 is 2.45 bits per heavy atom. The molecule has 0 saturated carbocycles. The van der Waals surface area contributed by atoms with E-state index in [9.17, 15) is 23.8 Å². The summed E-state index contributed by atoms with van der Waals surface area (Å²) in [4.78, 5) is 11.8. The number of aromatic nitrogens is 3. The van der Waals surface area contributed by atoms with Crippen LogP contribution in [-0.4, -0.2) is 45.2 Å². The van der Waals surface area contributed by atoms with E-state index >= 15 is 0 Å². The number of hydrogen-bond acceptors (Lipinski definition) is 5. The van der Waals surface area contributed by atoms with Gasteiger partial charge in [0.25, 0.3) is 0 Å². The number of benzene rings is 3. The number of nitrogens with zero attached hydrogens (tertiary/aromatic N) is 2. The number of phenolic OH excluding ortho intramolecular Hbond substituents is 1. The average molecular weight is 548 g/mol. The summed E-state index contributed by atoms with van der Waals surface area (Å²) < 4.78 is 41.7. The van der Waals surface area contributed by atoms with Crippen LogP contribution in [0.1, 0.15) is 35.5 Å². The molecule has 0 bridgehead atoms. The van der Waals surface area contributed by atoms with Crippen LogP contribution < -0.4 is 9.47 Å². The van der Waals surface area contributed by atoms with Crippen molar-refractivity contribution in [1.29, 1.82) is 0 Å². The van der Waals surface area contributed by atoms with Gasteiger partial charge in [0.2, 0.25) is 0 Å². The molecule has 5 aromatic rings. The number of carbonyl (C=O) groups is 1. The summed E-state index contributed by atoms with van der Waals surface area (Å²) in [6.45, 7) is 3.98. The minimum Gasteiger partial charge on any atom is -0.507 e. The molecule has 40 heavy (non-hydrogen) atoms. The molecule has 0 amide bonds. The molecular formula is C30H27F2N3O5. The van der Waals surface area contributed by atoms with Crippen LogP contribution >= 0.6 is 0 Å². The lowest BCUT2D eigenvalue weighted by molar-refractivity contribution is 0.0693. The predicted octanol–water partition coefficient (Wildman–Crippen LogP) is 6.24. The highest BCUT2D eigenvalue weighted by molar-refractivity contribution is 6.04. The molecule has 0 aliphatic heterocycles. The van der Waals surface area contributed by atoms with Gasteiger partial charge in [0.15, 0.2) is 11.6 Å². The molecule has 8 nitrogen and oxygen atoms in total. The fraction of sp³-hybridized carbons (Fsp3) is 0.200. The second-order valence-electron chi connectivity index (χ2n) is 10.1. The second-order valence-corrected chi connectivity index (χ2v) is 10.1. The van der Waals surface area contributed by atoms with E-state index in [2.05, 4.69) is 10.2 Å². The van der Waals surface area contributed by atoms with E-state index in [0.29, 0.717) is 39.8 Å². The molecule has 0 fully saturated rings. The van der Waals surface area contributed by atoms with Crippen LogP contribution in [0.5, 0.6) is 17.2 Å². The van der Waals surface area contributed by atoms with E-state index in [-0.39, 0.29) is 22.8 Å². The van der Waals surface area contributed by atoms with Crippen LogP contribution in [0.25, 0.3) is 27.7 Å². The van der Waals surface area contributed by atoms with Crippen LogP contribution in [0, 0.1) is 11.6 Å². The number of carboxylic acid groups (broad SMARTS) is 1. The fourth-order valence-electron chi connectivity index (χ4n) is 5.33. The maximum atomic E-state index is 14.9. The van der Waals surface area contributed by atoms with Crippen molar-refractivity contribution in [1.82, 2.24) is 14.8 Å². The van der Waals surface area contributed by atoms with Gasteiger partial charge in [0.1, 0.15) is 22.9 Å². The number of aromatic hydroxyl groups is 1. The normalized spacial score (nSPS) is 11.7. The Hall–Kier alpha value is -4.86. The van der Waals surface area contributed by atoms with Gasteiger partial charge in [0, 0.05) is 40.7 Å². The quantitative estimate of drug-likeness (QED) is 0.212. The summed E-state index contributed by atoms with van der Waals surface area (Å²) in [6, 6.07) is 11.3. The van der Waals surface area contributed by atoms with Gasteiger partial charge >= 0.3 is 5.97 Å². The number of phenols is 1. The van der Waals surface area contributed by atoms with E-state index in [4.69, 9.17) is 9.47 Å². The van der Waals surface area contributed by atoms with Crippen LogP contribution in [0.15, 0.2) is 60.9 Å². The Balaban J connectivity index is 1.94. The van der Waals surface area contributed by atoms with Crippen molar-refractivity contribution in [3.63, 3.8) is 0 Å². The lowest BCUT2D eigenvalue weighted by Crippen LogP contribution is -2.25. The second kappa shape index (κ2) is 10.0. The Morgan fingerprint density at radius 2 is 1.80 bits per heavy atom.